The molecule has 0 amide bonds. The predicted molar refractivity (Wildman–Crippen MR) is 119 cm³/mol. The highest BCUT2D eigenvalue weighted by atomic mass is 35.5. The van der Waals surface area contributed by atoms with Gasteiger partial charge in [0.15, 0.2) is 0 Å². The summed E-state index contributed by atoms with van der Waals surface area (Å²) >= 11 is 6.16. The molecule has 0 spiro atoms. The fraction of sp³-hybridized carbons (Fsp3) is 0.250. The fourth-order valence-corrected chi connectivity index (χ4v) is 6.05. The molecule has 0 fully saturated rings. The van der Waals surface area contributed by atoms with Crippen molar-refractivity contribution in [3.63, 3.8) is 0 Å². The summed E-state index contributed by atoms with van der Waals surface area (Å²) in [7, 11) is -3.91. The van der Waals surface area contributed by atoms with Gasteiger partial charge in [-0.05, 0) is 80.1 Å². The molecular formula is C24H22ClF2NO2S. The van der Waals surface area contributed by atoms with Gasteiger partial charge in [-0.2, -0.15) is 0 Å². The van der Waals surface area contributed by atoms with E-state index in [0.717, 1.165) is 16.7 Å². The van der Waals surface area contributed by atoms with Gasteiger partial charge in [0.25, 0.3) is 10.0 Å². The van der Waals surface area contributed by atoms with Crippen LogP contribution in [0.1, 0.15) is 29.5 Å². The minimum Gasteiger partial charge on any atom is -0.263 e. The van der Waals surface area contributed by atoms with Gasteiger partial charge in [-0.15, -0.1) is 0 Å². The van der Waals surface area contributed by atoms with Gasteiger partial charge in [-0.1, -0.05) is 41.4 Å². The van der Waals surface area contributed by atoms with Crippen LogP contribution in [0.2, 0.25) is 5.02 Å². The molecule has 0 radical (unpaired) electrons. The van der Waals surface area contributed by atoms with Gasteiger partial charge in [-0.25, -0.2) is 17.2 Å². The number of nitrogens with zero attached hydrogens (tertiary/aromatic N) is 1. The zero-order valence-electron chi connectivity index (χ0n) is 17.0. The number of rotatable bonds is 5. The van der Waals surface area contributed by atoms with Crippen LogP contribution in [0.3, 0.4) is 0 Å². The molecule has 7 heteroatoms. The number of aryl methyl sites for hydroxylation is 3. The van der Waals surface area contributed by atoms with Crippen LogP contribution in [0, 0.1) is 18.6 Å². The van der Waals surface area contributed by atoms with Crippen LogP contribution in [-0.2, 0) is 22.9 Å². The lowest BCUT2D eigenvalue weighted by molar-refractivity contribution is 0.521. The van der Waals surface area contributed by atoms with Crippen LogP contribution in [0.15, 0.2) is 65.6 Å². The molecule has 0 aromatic heterocycles. The van der Waals surface area contributed by atoms with Crippen LogP contribution in [0.5, 0.6) is 0 Å². The van der Waals surface area contributed by atoms with Gasteiger partial charge in [0, 0.05) is 11.1 Å². The number of sulfonamides is 1. The van der Waals surface area contributed by atoms with Crippen LogP contribution >= 0.6 is 11.6 Å². The van der Waals surface area contributed by atoms with E-state index in [-0.39, 0.29) is 10.9 Å². The second-order valence-corrected chi connectivity index (χ2v) is 10.1. The van der Waals surface area contributed by atoms with E-state index in [1.807, 2.05) is 6.92 Å². The normalized spacial score (nSPS) is 16.3. The molecule has 3 aromatic carbocycles. The van der Waals surface area contributed by atoms with Gasteiger partial charge in [0.05, 0.1) is 10.6 Å². The summed E-state index contributed by atoms with van der Waals surface area (Å²) in [6, 6.07) is 14.8. The third-order valence-electron chi connectivity index (χ3n) is 5.70. The molecule has 31 heavy (non-hydrogen) atoms. The summed E-state index contributed by atoms with van der Waals surface area (Å²) in [6.07, 6.45) is 2.21. The zero-order valence-corrected chi connectivity index (χ0v) is 18.6. The molecule has 1 heterocycles. The molecule has 0 saturated heterocycles. The first-order valence-electron chi connectivity index (χ1n) is 10.1. The topological polar surface area (TPSA) is 37.4 Å². The number of benzene rings is 3. The maximum atomic E-state index is 14.1. The Morgan fingerprint density at radius 1 is 1.00 bits per heavy atom. The fourth-order valence-electron chi connectivity index (χ4n) is 4.05. The van der Waals surface area contributed by atoms with E-state index in [9.17, 15) is 17.2 Å². The molecule has 0 bridgehead atoms. The summed E-state index contributed by atoms with van der Waals surface area (Å²) in [6.45, 7) is 1.89. The molecule has 4 rings (SSSR count). The van der Waals surface area contributed by atoms with Crippen molar-refractivity contribution in [1.82, 2.24) is 0 Å². The van der Waals surface area contributed by atoms with Crippen molar-refractivity contribution in [2.45, 2.75) is 43.5 Å². The lowest BCUT2D eigenvalue weighted by Crippen LogP contribution is -2.44. The Hall–Kier alpha value is -2.44. The number of hydrogen-bond acceptors (Lipinski definition) is 2. The first-order chi connectivity index (χ1) is 14.8. The predicted octanol–water partition coefficient (Wildman–Crippen LogP) is 6.07. The molecule has 162 valence electrons. The van der Waals surface area contributed by atoms with E-state index in [2.05, 4.69) is 0 Å². The van der Waals surface area contributed by atoms with Gasteiger partial charge >= 0.3 is 0 Å². The van der Waals surface area contributed by atoms with Crippen molar-refractivity contribution in [2.24, 2.45) is 0 Å². The van der Waals surface area contributed by atoms with Crippen LogP contribution < -0.4 is 4.31 Å². The van der Waals surface area contributed by atoms with Crippen molar-refractivity contribution >= 4 is 27.3 Å². The summed E-state index contributed by atoms with van der Waals surface area (Å²) in [5.74, 6) is -0.899. The van der Waals surface area contributed by atoms with E-state index in [1.165, 1.54) is 28.6 Å². The Bertz CT molecular complexity index is 1210. The molecule has 0 N–H and O–H groups in total. The van der Waals surface area contributed by atoms with Gasteiger partial charge in [-0.3, -0.25) is 4.31 Å². The standard InChI is InChI=1S/C24H22ClF2NO2S/c1-16-2-12-22(13-3-16)31(29,30)28-21(10-6-17-4-8-19(26)14-23(17)25)11-7-18-5-9-20(27)15-24(18)28/h2-5,8-9,12-15,21H,6-7,10-11H2,1H3. The molecule has 1 atom stereocenters. The van der Waals surface area contributed by atoms with Gasteiger partial charge < -0.3 is 0 Å². The van der Waals surface area contributed by atoms with Crippen LogP contribution in [-0.4, -0.2) is 14.5 Å². The maximum Gasteiger partial charge on any atom is 0.264 e. The minimum atomic E-state index is -3.91. The molecule has 0 saturated carbocycles. The van der Waals surface area contributed by atoms with E-state index in [0.29, 0.717) is 36.4 Å². The molecule has 1 unspecified atom stereocenters. The Labute approximate surface area is 186 Å². The highest BCUT2D eigenvalue weighted by Gasteiger charge is 2.36. The average molecular weight is 462 g/mol. The highest BCUT2D eigenvalue weighted by molar-refractivity contribution is 7.92. The van der Waals surface area contributed by atoms with Gasteiger partial charge in [0.2, 0.25) is 0 Å². The first-order valence-corrected chi connectivity index (χ1v) is 11.9. The first kappa shape index (κ1) is 21.8. The van der Waals surface area contributed by atoms with Crippen LogP contribution in [0.25, 0.3) is 0 Å². The summed E-state index contributed by atoms with van der Waals surface area (Å²) in [5, 5.41) is 0.315. The van der Waals surface area contributed by atoms with E-state index in [1.54, 1.807) is 36.4 Å². The summed E-state index contributed by atoms with van der Waals surface area (Å²) < 4.78 is 56.1. The second-order valence-electron chi connectivity index (χ2n) is 7.85. The van der Waals surface area contributed by atoms with E-state index in [4.69, 9.17) is 11.6 Å². The zero-order chi connectivity index (χ0) is 22.2. The largest absolute Gasteiger partial charge is 0.264 e. The number of halogens is 3. The lowest BCUT2D eigenvalue weighted by Gasteiger charge is -2.38. The number of fused-ring (bicyclic) bond motifs is 1. The number of anilines is 1. The molecule has 3 nitrogen and oxygen atoms in total. The highest BCUT2D eigenvalue weighted by Crippen LogP contribution is 2.37. The number of hydrogen-bond donors (Lipinski definition) is 0. The van der Waals surface area contributed by atoms with Crippen molar-refractivity contribution in [3.05, 3.63) is 94.0 Å². The lowest BCUT2D eigenvalue weighted by atomic mass is 9.94. The Morgan fingerprint density at radius 3 is 2.39 bits per heavy atom. The van der Waals surface area contributed by atoms with Crippen LogP contribution in [0.4, 0.5) is 14.5 Å². The summed E-state index contributed by atoms with van der Waals surface area (Å²) in [4.78, 5) is 0.167. The molecule has 1 aliphatic heterocycles. The second kappa shape index (κ2) is 8.60. The van der Waals surface area contributed by atoms with Gasteiger partial charge in [0.1, 0.15) is 11.6 Å². The monoisotopic (exact) mass is 461 g/mol. The molecule has 0 aliphatic carbocycles. The Kier molecular flexibility index (Phi) is 6.04. The molecule has 3 aromatic rings. The quantitative estimate of drug-likeness (QED) is 0.462. The third kappa shape index (κ3) is 4.46. The maximum absolute atomic E-state index is 14.1. The van der Waals surface area contributed by atoms with Crippen molar-refractivity contribution in [1.29, 1.82) is 0 Å². The van der Waals surface area contributed by atoms with Crippen molar-refractivity contribution in [2.75, 3.05) is 4.31 Å². The van der Waals surface area contributed by atoms with Crippen molar-refractivity contribution in [3.8, 4) is 0 Å². The Morgan fingerprint density at radius 2 is 1.68 bits per heavy atom. The van der Waals surface area contributed by atoms with E-state index < -0.39 is 21.7 Å². The molecular weight excluding hydrogens is 440 g/mol. The van der Waals surface area contributed by atoms with E-state index >= 15 is 0 Å². The summed E-state index contributed by atoms with van der Waals surface area (Å²) in [5.41, 5.74) is 2.88. The Balaban J connectivity index is 1.72. The average Bonchev–Trinajstić information content (AvgIpc) is 2.72. The SMILES string of the molecule is Cc1ccc(S(=O)(=O)N2c3cc(F)ccc3CCC2CCc2ccc(F)cc2Cl)cc1. The minimum absolute atomic E-state index is 0.167. The smallest absolute Gasteiger partial charge is 0.263 e. The van der Waals surface area contributed by atoms with Crippen molar-refractivity contribution < 1.29 is 17.2 Å². The third-order valence-corrected chi connectivity index (χ3v) is 7.94. The molecule has 1 aliphatic rings.